The quantitative estimate of drug-likeness (QED) is 0.460. The number of rotatable bonds is 9. The minimum Gasteiger partial charge on any atom is -0.336 e. The number of aromatic nitrogens is 1. The van der Waals surface area contributed by atoms with Gasteiger partial charge in [0.25, 0.3) is 0 Å². The van der Waals surface area contributed by atoms with Crippen molar-refractivity contribution in [2.24, 2.45) is 0 Å². The highest BCUT2D eigenvalue weighted by atomic mass is 32.2. The third-order valence-corrected chi connectivity index (χ3v) is 6.38. The molecular formula is C22H19F7N4OS. The summed E-state index contributed by atoms with van der Waals surface area (Å²) in [6.45, 7) is 0. The highest BCUT2D eigenvalue weighted by molar-refractivity contribution is 7.98. The molecule has 1 fully saturated rings. The number of pyridine rings is 1. The second-order valence-corrected chi connectivity index (χ2v) is 9.00. The topological polar surface area (TPSA) is 77.8 Å². The minimum absolute atomic E-state index is 0.189. The molecule has 2 N–H and O–H groups in total. The molecule has 2 aromatic rings. The standard InChI is InChI=1S/C22H19F7N4OS/c23-15-3-1-13(2-4-15)18(22(27,28)29)32-17(19(34)33-20(12-30)6-7-20)11-35-10-14-9-31-8-5-16(14)21(24,25)26/h1-5,8-9,17-18,32H,6-7,10-11H2,(H,33,34)/t17?,18-/m1/s1. The average Bonchev–Trinajstić information content (AvgIpc) is 3.55. The van der Waals surface area contributed by atoms with E-state index in [0.29, 0.717) is 12.8 Å². The Bertz CT molecular complexity index is 1080. The van der Waals surface area contributed by atoms with E-state index < -0.39 is 47.3 Å². The smallest absolute Gasteiger partial charge is 0.336 e. The molecule has 188 valence electrons. The van der Waals surface area contributed by atoms with Crippen molar-refractivity contribution in [2.45, 2.75) is 48.6 Å². The largest absolute Gasteiger partial charge is 0.416 e. The zero-order valence-corrected chi connectivity index (χ0v) is 18.7. The lowest BCUT2D eigenvalue weighted by molar-refractivity contribution is -0.160. The number of halogens is 7. The van der Waals surface area contributed by atoms with Gasteiger partial charge in [-0.3, -0.25) is 15.1 Å². The van der Waals surface area contributed by atoms with Crippen LogP contribution in [0.15, 0.2) is 42.7 Å². The molecule has 0 radical (unpaired) electrons. The molecule has 1 aromatic heterocycles. The Labute approximate surface area is 200 Å². The molecule has 35 heavy (non-hydrogen) atoms. The first-order valence-corrected chi connectivity index (χ1v) is 11.4. The summed E-state index contributed by atoms with van der Waals surface area (Å²) in [7, 11) is 0. The van der Waals surface area contributed by atoms with Crippen molar-refractivity contribution in [1.82, 2.24) is 15.6 Å². The normalized spacial score (nSPS) is 16.7. The van der Waals surface area contributed by atoms with Crippen molar-refractivity contribution < 1.29 is 35.5 Å². The molecule has 13 heteroatoms. The van der Waals surface area contributed by atoms with Crippen molar-refractivity contribution in [3.05, 3.63) is 65.2 Å². The lowest BCUT2D eigenvalue weighted by Gasteiger charge is -2.28. The van der Waals surface area contributed by atoms with Crippen molar-refractivity contribution in [3.63, 3.8) is 0 Å². The maximum absolute atomic E-state index is 13.8. The summed E-state index contributed by atoms with van der Waals surface area (Å²) >= 11 is 0.804. The summed E-state index contributed by atoms with van der Waals surface area (Å²) in [6.07, 6.45) is -6.88. The number of nitrogens with zero attached hydrogens (tertiary/aromatic N) is 2. The molecule has 1 aromatic carbocycles. The van der Waals surface area contributed by atoms with Gasteiger partial charge in [-0.2, -0.15) is 43.4 Å². The summed E-state index contributed by atoms with van der Waals surface area (Å²) in [6, 6.07) is 2.34. The summed E-state index contributed by atoms with van der Waals surface area (Å²) < 4.78 is 94.4. The molecule has 1 heterocycles. The summed E-state index contributed by atoms with van der Waals surface area (Å²) in [5.74, 6) is -2.26. The Kier molecular flexibility index (Phi) is 7.96. The fourth-order valence-corrected chi connectivity index (χ4v) is 4.30. The third-order valence-electron chi connectivity index (χ3n) is 5.29. The van der Waals surface area contributed by atoms with Gasteiger partial charge in [0.2, 0.25) is 5.91 Å². The van der Waals surface area contributed by atoms with E-state index in [1.54, 1.807) is 0 Å². The summed E-state index contributed by atoms with van der Waals surface area (Å²) in [4.78, 5) is 16.5. The Balaban J connectivity index is 1.80. The second-order valence-electron chi connectivity index (χ2n) is 7.97. The molecule has 0 bridgehead atoms. The van der Waals surface area contributed by atoms with E-state index in [-0.39, 0.29) is 22.6 Å². The highest BCUT2D eigenvalue weighted by Crippen LogP contribution is 2.37. The van der Waals surface area contributed by atoms with Gasteiger partial charge in [-0.1, -0.05) is 12.1 Å². The number of carbonyl (C=O) groups excluding carboxylic acids is 1. The summed E-state index contributed by atoms with van der Waals surface area (Å²) in [5.41, 5.74) is -2.65. The van der Waals surface area contributed by atoms with E-state index in [0.717, 1.165) is 54.5 Å². The van der Waals surface area contributed by atoms with E-state index in [2.05, 4.69) is 15.6 Å². The van der Waals surface area contributed by atoms with E-state index in [1.165, 1.54) is 0 Å². The van der Waals surface area contributed by atoms with Gasteiger partial charge in [0.05, 0.1) is 17.7 Å². The molecule has 3 rings (SSSR count). The van der Waals surface area contributed by atoms with E-state index in [4.69, 9.17) is 0 Å². The molecule has 1 unspecified atom stereocenters. The van der Waals surface area contributed by atoms with E-state index >= 15 is 0 Å². The predicted octanol–water partition coefficient (Wildman–Crippen LogP) is 4.91. The van der Waals surface area contributed by atoms with E-state index in [9.17, 15) is 40.8 Å². The Morgan fingerprint density at radius 1 is 1.14 bits per heavy atom. The summed E-state index contributed by atoms with van der Waals surface area (Å²) in [5, 5.41) is 13.8. The van der Waals surface area contributed by atoms with E-state index in [1.807, 2.05) is 6.07 Å². The SMILES string of the molecule is N#CC1(NC(=O)C(CSCc2cnccc2C(F)(F)F)N[C@H](c2ccc(F)cc2)C(F)(F)F)CC1. The van der Waals surface area contributed by atoms with Gasteiger partial charge in [0.1, 0.15) is 17.4 Å². The first-order chi connectivity index (χ1) is 16.3. The maximum Gasteiger partial charge on any atom is 0.416 e. The number of hydrogen-bond acceptors (Lipinski definition) is 5. The van der Waals surface area contributed by atoms with Gasteiger partial charge >= 0.3 is 12.4 Å². The lowest BCUT2D eigenvalue weighted by atomic mass is 10.0. The molecule has 5 nitrogen and oxygen atoms in total. The fraction of sp³-hybridized carbons (Fsp3) is 0.409. The van der Waals surface area contributed by atoms with Gasteiger partial charge in [-0.15, -0.1) is 0 Å². The zero-order valence-electron chi connectivity index (χ0n) is 17.9. The number of nitriles is 1. The van der Waals surface area contributed by atoms with Crippen LogP contribution < -0.4 is 10.6 Å². The van der Waals surface area contributed by atoms with Crippen molar-refractivity contribution in [1.29, 1.82) is 5.26 Å². The third kappa shape index (κ3) is 7.08. The monoisotopic (exact) mass is 520 g/mol. The molecular weight excluding hydrogens is 501 g/mol. The van der Waals surface area contributed by atoms with Crippen LogP contribution in [0.4, 0.5) is 30.7 Å². The van der Waals surface area contributed by atoms with Gasteiger partial charge in [-0.05, 0) is 42.2 Å². The highest BCUT2D eigenvalue weighted by Gasteiger charge is 2.47. The van der Waals surface area contributed by atoms with Gasteiger partial charge < -0.3 is 5.32 Å². The van der Waals surface area contributed by atoms with Crippen LogP contribution in [0.1, 0.15) is 35.6 Å². The van der Waals surface area contributed by atoms with Crippen LogP contribution in [0.5, 0.6) is 0 Å². The molecule has 0 aliphatic heterocycles. The fourth-order valence-electron chi connectivity index (χ4n) is 3.25. The van der Waals surface area contributed by atoms with Crippen LogP contribution in [0.25, 0.3) is 0 Å². The molecule has 0 spiro atoms. The number of benzene rings is 1. The van der Waals surface area contributed by atoms with Gasteiger partial charge in [0, 0.05) is 23.9 Å². The zero-order chi connectivity index (χ0) is 25.9. The number of thioether (sulfide) groups is 1. The average molecular weight is 520 g/mol. The Morgan fingerprint density at radius 2 is 1.80 bits per heavy atom. The minimum atomic E-state index is -4.87. The number of nitrogens with one attached hydrogen (secondary N) is 2. The predicted molar refractivity (Wildman–Crippen MR) is 113 cm³/mol. The van der Waals surface area contributed by atoms with Crippen molar-refractivity contribution >= 4 is 17.7 Å². The molecule has 1 aliphatic carbocycles. The van der Waals surface area contributed by atoms with Crippen molar-refractivity contribution in [3.8, 4) is 6.07 Å². The molecule has 1 aliphatic rings. The van der Waals surface area contributed by atoms with Crippen LogP contribution in [0, 0.1) is 17.1 Å². The van der Waals surface area contributed by atoms with Crippen LogP contribution in [-0.4, -0.2) is 34.4 Å². The van der Waals surface area contributed by atoms with Crippen LogP contribution >= 0.6 is 11.8 Å². The van der Waals surface area contributed by atoms with Crippen LogP contribution in [0.3, 0.4) is 0 Å². The number of hydrogen-bond donors (Lipinski definition) is 2. The number of amides is 1. The lowest BCUT2D eigenvalue weighted by Crippen LogP contribution is -2.52. The molecule has 2 atom stereocenters. The van der Waals surface area contributed by atoms with Crippen molar-refractivity contribution in [2.75, 3.05) is 5.75 Å². The Hall–Kier alpha value is -2.85. The first-order valence-electron chi connectivity index (χ1n) is 10.2. The first kappa shape index (κ1) is 26.7. The van der Waals surface area contributed by atoms with Crippen LogP contribution in [-0.2, 0) is 16.7 Å². The number of alkyl halides is 6. The van der Waals surface area contributed by atoms with Crippen LogP contribution in [0.2, 0.25) is 0 Å². The molecule has 1 amide bonds. The maximum atomic E-state index is 13.8. The van der Waals surface area contributed by atoms with Gasteiger partial charge in [0.15, 0.2) is 0 Å². The molecule has 0 saturated heterocycles. The second kappa shape index (κ2) is 10.4. The van der Waals surface area contributed by atoms with Gasteiger partial charge in [-0.25, -0.2) is 4.39 Å². The molecule has 1 saturated carbocycles. The number of carbonyl (C=O) groups is 1. The Morgan fingerprint density at radius 3 is 2.34 bits per heavy atom.